The van der Waals surface area contributed by atoms with Crippen LogP contribution in [0.2, 0.25) is 0 Å². The number of aryl methyl sites for hydroxylation is 1. The summed E-state index contributed by atoms with van der Waals surface area (Å²) in [5.74, 6) is -0.0823. The Morgan fingerprint density at radius 3 is 2.37 bits per heavy atom. The third-order valence-electron chi connectivity index (χ3n) is 2.20. The molecule has 2 aromatic rings. The number of aromatic nitrogens is 3. The predicted molar refractivity (Wildman–Crippen MR) is 61.6 cm³/mol. The van der Waals surface area contributed by atoms with Crippen LogP contribution in [0.4, 0.5) is 13.2 Å². The van der Waals surface area contributed by atoms with E-state index < -0.39 is 12.8 Å². The summed E-state index contributed by atoms with van der Waals surface area (Å²) in [6.45, 7) is 0.451. The molecule has 0 atom stereocenters. The summed E-state index contributed by atoms with van der Waals surface area (Å²) < 4.78 is 40.4. The molecule has 0 spiro atoms. The Balaban J connectivity index is 2.08. The molecule has 4 nitrogen and oxygen atoms in total. The largest absolute Gasteiger partial charge is 0.468 e. The van der Waals surface area contributed by atoms with Crippen LogP contribution in [0.25, 0.3) is 11.3 Å². The lowest BCUT2D eigenvalue weighted by molar-refractivity contribution is -0.154. The van der Waals surface area contributed by atoms with Gasteiger partial charge in [0.1, 0.15) is 0 Å². The maximum absolute atomic E-state index is 12.0. The van der Waals surface area contributed by atoms with Crippen molar-refractivity contribution >= 4 is 0 Å². The van der Waals surface area contributed by atoms with Crippen LogP contribution in [0.5, 0.6) is 5.88 Å². The zero-order valence-corrected chi connectivity index (χ0v) is 9.98. The standard InChI is InChI=1S/C12H10F3N3O/c1-8-4-17-10(6-16-8)9-2-3-11(18-5-9)19-7-12(13,14)15/h2-6H,7H2,1H3. The molecular formula is C12H10F3N3O. The van der Waals surface area contributed by atoms with Gasteiger partial charge in [0, 0.05) is 24.0 Å². The molecule has 2 heterocycles. The van der Waals surface area contributed by atoms with Gasteiger partial charge in [0.05, 0.1) is 17.6 Å². The summed E-state index contributed by atoms with van der Waals surface area (Å²) in [4.78, 5) is 12.0. The fourth-order valence-corrected chi connectivity index (χ4v) is 1.31. The number of rotatable bonds is 3. The molecule has 0 amide bonds. The Morgan fingerprint density at radius 1 is 1.05 bits per heavy atom. The predicted octanol–water partition coefficient (Wildman–Crippen LogP) is 2.79. The van der Waals surface area contributed by atoms with E-state index in [1.54, 1.807) is 18.5 Å². The molecule has 0 N–H and O–H groups in total. The number of hydrogen-bond donors (Lipinski definition) is 0. The van der Waals surface area contributed by atoms with Crippen molar-refractivity contribution in [2.75, 3.05) is 6.61 Å². The molecule has 0 aliphatic heterocycles. The van der Waals surface area contributed by atoms with Crippen molar-refractivity contribution in [2.45, 2.75) is 13.1 Å². The fourth-order valence-electron chi connectivity index (χ4n) is 1.31. The highest BCUT2D eigenvalue weighted by Gasteiger charge is 2.28. The second kappa shape index (κ2) is 5.21. The maximum atomic E-state index is 12.0. The Labute approximate surface area is 107 Å². The zero-order valence-electron chi connectivity index (χ0n) is 9.98. The van der Waals surface area contributed by atoms with Crippen LogP contribution < -0.4 is 4.74 Å². The van der Waals surface area contributed by atoms with E-state index in [1.165, 1.54) is 12.3 Å². The van der Waals surface area contributed by atoms with E-state index in [2.05, 4.69) is 19.7 Å². The van der Waals surface area contributed by atoms with Crippen molar-refractivity contribution in [3.63, 3.8) is 0 Å². The number of hydrogen-bond acceptors (Lipinski definition) is 4. The van der Waals surface area contributed by atoms with Gasteiger partial charge in [0.25, 0.3) is 0 Å². The molecule has 0 aliphatic rings. The number of alkyl halides is 3. The van der Waals surface area contributed by atoms with Crippen molar-refractivity contribution < 1.29 is 17.9 Å². The molecule has 0 aliphatic carbocycles. The van der Waals surface area contributed by atoms with E-state index in [4.69, 9.17) is 0 Å². The molecule has 0 fully saturated rings. The molecule has 0 saturated heterocycles. The van der Waals surface area contributed by atoms with E-state index in [1.807, 2.05) is 6.92 Å². The quantitative estimate of drug-likeness (QED) is 0.859. The van der Waals surface area contributed by atoms with Crippen molar-refractivity contribution in [1.82, 2.24) is 15.0 Å². The summed E-state index contributed by atoms with van der Waals surface area (Å²) in [6.07, 6.45) is 0.194. The molecule has 2 aromatic heterocycles. The lowest BCUT2D eigenvalue weighted by atomic mass is 10.2. The Hall–Kier alpha value is -2.18. The number of nitrogens with zero attached hydrogens (tertiary/aromatic N) is 3. The van der Waals surface area contributed by atoms with Crippen LogP contribution in [0.1, 0.15) is 5.69 Å². The van der Waals surface area contributed by atoms with Gasteiger partial charge in [-0.15, -0.1) is 0 Å². The van der Waals surface area contributed by atoms with Crippen molar-refractivity contribution in [1.29, 1.82) is 0 Å². The summed E-state index contributed by atoms with van der Waals surface area (Å²) in [7, 11) is 0. The molecule has 19 heavy (non-hydrogen) atoms. The zero-order chi connectivity index (χ0) is 13.9. The summed E-state index contributed by atoms with van der Waals surface area (Å²) in [5, 5.41) is 0. The topological polar surface area (TPSA) is 47.9 Å². The van der Waals surface area contributed by atoms with Gasteiger partial charge in [-0.2, -0.15) is 13.2 Å². The molecule has 0 radical (unpaired) electrons. The minimum Gasteiger partial charge on any atom is -0.468 e. The summed E-state index contributed by atoms with van der Waals surface area (Å²) >= 11 is 0. The van der Waals surface area contributed by atoms with Gasteiger partial charge < -0.3 is 4.74 Å². The van der Waals surface area contributed by atoms with E-state index in [9.17, 15) is 13.2 Å². The maximum Gasteiger partial charge on any atom is 0.422 e. The SMILES string of the molecule is Cc1cnc(-c2ccc(OCC(F)(F)F)nc2)cn1. The highest BCUT2D eigenvalue weighted by molar-refractivity contribution is 5.56. The minimum absolute atomic E-state index is 0.0823. The first-order valence-corrected chi connectivity index (χ1v) is 5.39. The third kappa shape index (κ3) is 3.90. The van der Waals surface area contributed by atoms with E-state index in [-0.39, 0.29) is 5.88 Å². The second-order valence-electron chi connectivity index (χ2n) is 3.83. The van der Waals surface area contributed by atoms with Crippen LogP contribution in [0.15, 0.2) is 30.7 Å². The van der Waals surface area contributed by atoms with Gasteiger partial charge in [-0.1, -0.05) is 0 Å². The first-order valence-electron chi connectivity index (χ1n) is 5.39. The van der Waals surface area contributed by atoms with Gasteiger partial charge in [-0.3, -0.25) is 9.97 Å². The average molecular weight is 269 g/mol. The number of pyridine rings is 1. The van der Waals surface area contributed by atoms with Crippen LogP contribution in [-0.4, -0.2) is 27.7 Å². The first-order chi connectivity index (χ1) is 8.94. The van der Waals surface area contributed by atoms with E-state index in [0.717, 1.165) is 5.69 Å². The van der Waals surface area contributed by atoms with Crippen LogP contribution in [-0.2, 0) is 0 Å². The number of halogens is 3. The highest BCUT2D eigenvalue weighted by Crippen LogP contribution is 2.20. The first kappa shape index (κ1) is 13.3. The van der Waals surface area contributed by atoms with Crippen molar-refractivity contribution in [3.05, 3.63) is 36.4 Å². The minimum atomic E-state index is -4.37. The van der Waals surface area contributed by atoms with Gasteiger partial charge in [0.2, 0.25) is 5.88 Å². The molecular weight excluding hydrogens is 259 g/mol. The molecule has 2 rings (SSSR count). The molecule has 100 valence electrons. The molecule has 0 bridgehead atoms. The highest BCUT2D eigenvalue weighted by atomic mass is 19.4. The van der Waals surface area contributed by atoms with Crippen LogP contribution >= 0.6 is 0 Å². The van der Waals surface area contributed by atoms with E-state index in [0.29, 0.717) is 11.3 Å². The van der Waals surface area contributed by atoms with Crippen LogP contribution in [0.3, 0.4) is 0 Å². The molecule has 7 heteroatoms. The molecule has 0 saturated carbocycles. The van der Waals surface area contributed by atoms with E-state index >= 15 is 0 Å². The molecule has 0 unspecified atom stereocenters. The van der Waals surface area contributed by atoms with Crippen molar-refractivity contribution in [2.24, 2.45) is 0 Å². The van der Waals surface area contributed by atoms with Gasteiger partial charge in [-0.05, 0) is 13.0 Å². The Bertz CT molecular complexity index is 538. The van der Waals surface area contributed by atoms with Gasteiger partial charge >= 0.3 is 6.18 Å². The molecule has 0 aromatic carbocycles. The Kier molecular flexibility index (Phi) is 3.64. The Morgan fingerprint density at radius 2 is 1.84 bits per heavy atom. The summed E-state index contributed by atoms with van der Waals surface area (Å²) in [5.41, 5.74) is 2.04. The van der Waals surface area contributed by atoms with Crippen LogP contribution in [0, 0.1) is 6.92 Å². The monoisotopic (exact) mass is 269 g/mol. The fraction of sp³-hybridized carbons (Fsp3) is 0.250. The lowest BCUT2D eigenvalue weighted by Crippen LogP contribution is -2.19. The van der Waals surface area contributed by atoms with Gasteiger partial charge in [0.15, 0.2) is 6.61 Å². The lowest BCUT2D eigenvalue weighted by Gasteiger charge is -2.08. The number of ether oxygens (including phenoxy) is 1. The van der Waals surface area contributed by atoms with Gasteiger partial charge in [-0.25, -0.2) is 4.98 Å². The normalized spacial score (nSPS) is 11.4. The second-order valence-corrected chi connectivity index (χ2v) is 3.83. The average Bonchev–Trinajstić information content (AvgIpc) is 2.37. The van der Waals surface area contributed by atoms with Crippen molar-refractivity contribution in [3.8, 4) is 17.1 Å². The third-order valence-corrected chi connectivity index (χ3v) is 2.20. The summed E-state index contributed by atoms with van der Waals surface area (Å²) in [6, 6.07) is 2.95. The smallest absolute Gasteiger partial charge is 0.422 e.